The molecule has 1 aromatic carbocycles. The van der Waals surface area contributed by atoms with Gasteiger partial charge in [0, 0.05) is 6.07 Å². The third-order valence-electron chi connectivity index (χ3n) is 2.12. The first-order chi connectivity index (χ1) is 7.66. The maximum absolute atomic E-state index is 11.8. The second kappa shape index (κ2) is 4.37. The molecule has 0 fully saturated rings. The standard InChI is InChI=1S/C11H10ClN3O/c1-7-2-3-8(9(12)6-7)11(16)14-10-4-5-13-15-10/h2-6H,1H3,(H2,13,14,15,16). The minimum Gasteiger partial charge on any atom is -0.307 e. The number of aromatic nitrogens is 2. The van der Waals surface area contributed by atoms with E-state index in [9.17, 15) is 4.79 Å². The van der Waals surface area contributed by atoms with Gasteiger partial charge < -0.3 is 5.32 Å². The maximum atomic E-state index is 11.8. The lowest BCUT2D eigenvalue weighted by molar-refractivity contribution is 0.102. The van der Waals surface area contributed by atoms with Crippen LogP contribution in [-0.4, -0.2) is 16.1 Å². The highest BCUT2D eigenvalue weighted by Crippen LogP contribution is 2.18. The van der Waals surface area contributed by atoms with E-state index in [0.717, 1.165) is 5.56 Å². The van der Waals surface area contributed by atoms with E-state index >= 15 is 0 Å². The Labute approximate surface area is 97.6 Å². The van der Waals surface area contributed by atoms with Gasteiger partial charge in [-0.25, -0.2) is 0 Å². The number of benzene rings is 1. The molecule has 1 amide bonds. The molecule has 0 atom stereocenters. The number of anilines is 1. The Hall–Kier alpha value is -1.81. The molecule has 0 aliphatic heterocycles. The minimum absolute atomic E-state index is 0.255. The average Bonchev–Trinajstić information content (AvgIpc) is 2.70. The minimum atomic E-state index is -0.255. The van der Waals surface area contributed by atoms with E-state index in [-0.39, 0.29) is 5.91 Å². The van der Waals surface area contributed by atoms with Gasteiger partial charge in [0.25, 0.3) is 5.91 Å². The van der Waals surface area contributed by atoms with Crippen molar-refractivity contribution in [2.75, 3.05) is 5.32 Å². The molecule has 0 saturated heterocycles. The molecule has 2 N–H and O–H groups in total. The first-order valence-electron chi connectivity index (χ1n) is 4.73. The Morgan fingerprint density at radius 1 is 1.44 bits per heavy atom. The van der Waals surface area contributed by atoms with E-state index in [2.05, 4.69) is 15.5 Å². The van der Waals surface area contributed by atoms with E-state index in [4.69, 9.17) is 11.6 Å². The summed E-state index contributed by atoms with van der Waals surface area (Å²) >= 11 is 5.98. The molecule has 4 nitrogen and oxygen atoms in total. The topological polar surface area (TPSA) is 57.8 Å². The molecule has 1 aromatic heterocycles. The van der Waals surface area contributed by atoms with Crippen LogP contribution in [-0.2, 0) is 0 Å². The smallest absolute Gasteiger partial charge is 0.258 e. The predicted molar refractivity (Wildman–Crippen MR) is 62.7 cm³/mol. The molecule has 82 valence electrons. The van der Waals surface area contributed by atoms with Crippen molar-refractivity contribution in [2.45, 2.75) is 6.92 Å². The number of amides is 1. The fourth-order valence-corrected chi connectivity index (χ4v) is 1.64. The Bertz CT molecular complexity index is 508. The number of aryl methyl sites for hydroxylation is 1. The largest absolute Gasteiger partial charge is 0.307 e. The zero-order valence-electron chi connectivity index (χ0n) is 8.62. The third kappa shape index (κ3) is 2.23. The van der Waals surface area contributed by atoms with Gasteiger partial charge in [0.1, 0.15) is 5.82 Å². The van der Waals surface area contributed by atoms with E-state index in [1.807, 2.05) is 13.0 Å². The fourth-order valence-electron chi connectivity index (χ4n) is 1.32. The summed E-state index contributed by atoms with van der Waals surface area (Å²) < 4.78 is 0. The van der Waals surface area contributed by atoms with E-state index in [0.29, 0.717) is 16.4 Å². The van der Waals surface area contributed by atoms with Gasteiger partial charge in [-0.1, -0.05) is 17.7 Å². The average molecular weight is 236 g/mol. The Morgan fingerprint density at radius 2 is 2.25 bits per heavy atom. The zero-order chi connectivity index (χ0) is 11.5. The highest BCUT2D eigenvalue weighted by molar-refractivity contribution is 6.34. The lowest BCUT2D eigenvalue weighted by atomic mass is 10.1. The second-order valence-electron chi connectivity index (χ2n) is 3.41. The van der Waals surface area contributed by atoms with Gasteiger partial charge in [0.15, 0.2) is 0 Å². The van der Waals surface area contributed by atoms with Gasteiger partial charge in [-0.15, -0.1) is 0 Å². The van der Waals surface area contributed by atoms with Crippen LogP contribution in [0.25, 0.3) is 0 Å². The van der Waals surface area contributed by atoms with Crippen molar-refractivity contribution in [1.29, 1.82) is 0 Å². The van der Waals surface area contributed by atoms with Crippen LogP contribution in [0.15, 0.2) is 30.5 Å². The normalized spacial score (nSPS) is 10.1. The third-order valence-corrected chi connectivity index (χ3v) is 2.43. The molecule has 0 saturated carbocycles. The Balaban J connectivity index is 2.21. The number of nitrogens with zero attached hydrogens (tertiary/aromatic N) is 1. The Kier molecular flexibility index (Phi) is 2.92. The summed E-state index contributed by atoms with van der Waals surface area (Å²) in [6.45, 7) is 1.92. The van der Waals surface area contributed by atoms with Gasteiger partial charge in [0.05, 0.1) is 16.8 Å². The first kappa shape index (κ1) is 10.7. The number of H-pyrrole nitrogens is 1. The number of hydrogen-bond donors (Lipinski definition) is 2. The van der Waals surface area contributed by atoms with Crippen molar-refractivity contribution in [2.24, 2.45) is 0 Å². The number of nitrogens with one attached hydrogen (secondary N) is 2. The first-order valence-corrected chi connectivity index (χ1v) is 5.11. The molecular formula is C11H10ClN3O. The highest BCUT2D eigenvalue weighted by atomic mass is 35.5. The van der Waals surface area contributed by atoms with Gasteiger partial charge in [-0.05, 0) is 24.6 Å². The number of halogens is 1. The van der Waals surface area contributed by atoms with E-state index in [1.54, 1.807) is 24.4 Å². The molecule has 0 bridgehead atoms. The summed E-state index contributed by atoms with van der Waals surface area (Å²) in [5, 5.41) is 9.48. The van der Waals surface area contributed by atoms with Crippen LogP contribution in [0.2, 0.25) is 5.02 Å². The van der Waals surface area contributed by atoms with Crippen molar-refractivity contribution in [1.82, 2.24) is 10.2 Å². The van der Waals surface area contributed by atoms with Gasteiger partial charge in [0.2, 0.25) is 0 Å². The second-order valence-corrected chi connectivity index (χ2v) is 3.81. The summed E-state index contributed by atoms with van der Waals surface area (Å²) in [4.78, 5) is 11.8. The summed E-state index contributed by atoms with van der Waals surface area (Å²) in [7, 11) is 0. The molecule has 2 rings (SSSR count). The molecule has 0 unspecified atom stereocenters. The summed E-state index contributed by atoms with van der Waals surface area (Å²) in [6.07, 6.45) is 1.56. The Morgan fingerprint density at radius 3 is 2.88 bits per heavy atom. The quantitative estimate of drug-likeness (QED) is 0.841. The van der Waals surface area contributed by atoms with Crippen LogP contribution in [0, 0.1) is 6.92 Å². The number of carbonyl (C=O) groups excluding carboxylic acids is 1. The van der Waals surface area contributed by atoms with Crippen LogP contribution in [0.3, 0.4) is 0 Å². The van der Waals surface area contributed by atoms with Gasteiger partial charge >= 0.3 is 0 Å². The van der Waals surface area contributed by atoms with Crippen LogP contribution < -0.4 is 5.32 Å². The van der Waals surface area contributed by atoms with Crippen molar-refractivity contribution >= 4 is 23.3 Å². The molecular weight excluding hydrogens is 226 g/mol. The summed E-state index contributed by atoms with van der Waals surface area (Å²) in [5.74, 6) is 0.288. The number of rotatable bonds is 2. The van der Waals surface area contributed by atoms with Crippen molar-refractivity contribution in [3.05, 3.63) is 46.6 Å². The summed E-state index contributed by atoms with van der Waals surface area (Å²) in [6, 6.07) is 6.96. The number of carbonyl (C=O) groups is 1. The predicted octanol–water partition coefficient (Wildman–Crippen LogP) is 2.62. The van der Waals surface area contributed by atoms with Gasteiger partial charge in [-0.3, -0.25) is 9.89 Å². The molecule has 0 aliphatic rings. The van der Waals surface area contributed by atoms with Crippen molar-refractivity contribution < 1.29 is 4.79 Å². The monoisotopic (exact) mass is 235 g/mol. The SMILES string of the molecule is Cc1ccc(C(=O)Nc2ccn[nH]2)c(Cl)c1. The van der Waals surface area contributed by atoms with Crippen LogP contribution in [0.5, 0.6) is 0 Å². The molecule has 0 aliphatic carbocycles. The lowest BCUT2D eigenvalue weighted by Gasteiger charge is -2.05. The zero-order valence-corrected chi connectivity index (χ0v) is 9.38. The van der Waals surface area contributed by atoms with Crippen LogP contribution in [0.4, 0.5) is 5.82 Å². The molecule has 2 aromatic rings. The molecule has 16 heavy (non-hydrogen) atoms. The molecule has 1 heterocycles. The van der Waals surface area contributed by atoms with E-state index < -0.39 is 0 Å². The highest BCUT2D eigenvalue weighted by Gasteiger charge is 2.10. The lowest BCUT2D eigenvalue weighted by Crippen LogP contribution is -2.12. The molecule has 0 radical (unpaired) electrons. The van der Waals surface area contributed by atoms with E-state index in [1.165, 1.54) is 0 Å². The summed E-state index contributed by atoms with van der Waals surface area (Å²) in [5.41, 5.74) is 1.46. The molecule has 5 heteroatoms. The van der Waals surface area contributed by atoms with Crippen molar-refractivity contribution in [3.63, 3.8) is 0 Å². The van der Waals surface area contributed by atoms with Crippen molar-refractivity contribution in [3.8, 4) is 0 Å². The van der Waals surface area contributed by atoms with Crippen LogP contribution >= 0.6 is 11.6 Å². The number of aromatic amines is 1. The number of hydrogen-bond acceptors (Lipinski definition) is 2. The van der Waals surface area contributed by atoms with Gasteiger partial charge in [-0.2, -0.15) is 5.10 Å². The molecule has 0 spiro atoms. The maximum Gasteiger partial charge on any atom is 0.258 e. The van der Waals surface area contributed by atoms with Crippen LogP contribution in [0.1, 0.15) is 15.9 Å². The fraction of sp³-hybridized carbons (Fsp3) is 0.0909.